The number of hydrogen-bond donors (Lipinski definition) is 1. The molecular formula is C13H18FN3O3S. The van der Waals surface area contributed by atoms with Crippen LogP contribution in [0.15, 0.2) is 24.5 Å². The van der Waals surface area contributed by atoms with Gasteiger partial charge in [-0.1, -0.05) is 0 Å². The minimum Gasteiger partial charge on any atom is -0.349 e. The minimum atomic E-state index is -3.33. The van der Waals surface area contributed by atoms with Gasteiger partial charge in [-0.05, 0) is 17.7 Å². The van der Waals surface area contributed by atoms with E-state index in [9.17, 15) is 17.6 Å². The normalized spacial score (nSPS) is 19.1. The van der Waals surface area contributed by atoms with E-state index in [4.69, 9.17) is 0 Å². The molecule has 8 heteroatoms. The molecule has 0 atom stereocenters. The lowest BCUT2D eigenvalue weighted by Crippen LogP contribution is -2.51. The molecule has 1 aromatic rings. The molecule has 0 bridgehead atoms. The van der Waals surface area contributed by atoms with Gasteiger partial charge in [-0.15, -0.1) is 0 Å². The van der Waals surface area contributed by atoms with Crippen LogP contribution in [0.4, 0.5) is 4.39 Å². The number of sulfonamides is 1. The largest absolute Gasteiger partial charge is 0.349 e. The third-order valence-electron chi connectivity index (χ3n) is 3.59. The van der Waals surface area contributed by atoms with Crippen molar-refractivity contribution in [3.8, 4) is 0 Å². The summed E-state index contributed by atoms with van der Waals surface area (Å²) in [4.78, 5) is 15.8. The van der Waals surface area contributed by atoms with E-state index >= 15 is 0 Å². The fourth-order valence-electron chi connectivity index (χ4n) is 2.24. The highest BCUT2D eigenvalue weighted by molar-refractivity contribution is 7.88. The maximum Gasteiger partial charge on any atom is 0.258 e. The Bertz CT molecular complexity index is 598. The molecule has 1 fully saturated rings. The molecular weight excluding hydrogens is 297 g/mol. The Balaban J connectivity index is 1.91. The van der Waals surface area contributed by atoms with Gasteiger partial charge in [-0.25, -0.2) is 17.1 Å². The standard InChI is InChI=1S/C13H18FN3O3S/c1-21(19,20)17-8-4-13(14,5-9-17)12(18)16-10-11-2-6-15-7-3-11/h2-3,6-7H,4-5,8-10H2,1H3,(H,16,18). The second-order valence-corrected chi connectivity index (χ2v) is 7.15. The van der Waals surface area contributed by atoms with E-state index in [1.165, 1.54) is 4.31 Å². The van der Waals surface area contributed by atoms with E-state index in [2.05, 4.69) is 10.3 Å². The van der Waals surface area contributed by atoms with Gasteiger partial charge in [0.05, 0.1) is 6.26 Å². The van der Waals surface area contributed by atoms with Crippen LogP contribution in [0.3, 0.4) is 0 Å². The van der Waals surface area contributed by atoms with Crippen LogP contribution < -0.4 is 5.32 Å². The van der Waals surface area contributed by atoms with Gasteiger partial charge in [0.25, 0.3) is 5.91 Å². The highest BCUT2D eigenvalue weighted by atomic mass is 32.2. The van der Waals surface area contributed by atoms with Gasteiger partial charge in [0, 0.05) is 44.9 Å². The molecule has 0 unspecified atom stereocenters. The topological polar surface area (TPSA) is 79.4 Å². The van der Waals surface area contributed by atoms with Gasteiger partial charge in [0.1, 0.15) is 0 Å². The molecule has 1 aliphatic heterocycles. The van der Waals surface area contributed by atoms with Crippen molar-refractivity contribution < 1.29 is 17.6 Å². The predicted octanol–water partition coefficient (Wildman–Crippen LogP) is 0.461. The smallest absolute Gasteiger partial charge is 0.258 e. The number of amides is 1. The maximum absolute atomic E-state index is 14.6. The molecule has 0 saturated carbocycles. The van der Waals surface area contributed by atoms with Crippen molar-refractivity contribution >= 4 is 15.9 Å². The molecule has 1 aliphatic rings. The SMILES string of the molecule is CS(=O)(=O)N1CCC(F)(C(=O)NCc2ccncc2)CC1. The molecule has 116 valence electrons. The Morgan fingerprint density at radius 1 is 1.38 bits per heavy atom. The molecule has 1 amide bonds. The predicted molar refractivity (Wildman–Crippen MR) is 75.6 cm³/mol. The number of pyridine rings is 1. The third kappa shape index (κ3) is 3.98. The molecule has 2 heterocycles. The van der Waals surface area contributed by atoms with E-state index in [1.54, 1.807) is 24.5 Å². The molecule has 1 saturated heterocycles. The Morgan fingerprint density at radius 3 is 2.48 bits per heavy atom. The monoisotopic (exact) mass is 315 g/mol. The van der Waals surface area contributed by atoms with Gasteiger partial charge >= 0.3 is 0 Å². The van der Waals surface area contributed by atoms with Crippen LogP contribution in [0.5, 0.6) is 0 Å². The van der Waals surface area contributed by atoms with Crippen molar-refractivity contribution in [1.82, 2.24) is 14.6 Å². The first-order chi connectivity index (χ1) is 9.81. The van der Waals surface area contributed by atoms with Crippen LogP contribution in [0.25, 0.3) is 0 Å². The number of hydrogen-bond acceptors (Lipinski definition) is 4. The average molecular weight is 315 g/mol. The maximum atomic E-state index is 14.6. The molecule has 0 spiro atoms. The van der Waals surface area contributed by atoms with Gasteiger partial charge in [-0.3, -0.25) is 9.78 Å². The van der Waals surface area contributed by atoms with E-state index in [0.717, 1.165) is 11.8 Å². The van der Waals surface area contributed by atoms with Crippen molar-refractivity contribution in [2.75, 3.05) is 19.3 Å². The quantitative estimate of drug-likeness (QED) is 0.875. The first-order valence-corrected chi connectivity index (χ1v) is 8.47. The number of nitrogens with zero attached hydrogens (tertiary/aromatic N) is 2. The number of nitrogens with one attached hydrogen (secondary N) is 1. The first kappa shape index (κ1) is 15.8. The number of rotatable bonds is 4. The summed E-state index contributed by atoms with van der Waals surface area (Å²) in [5.74, 6) is -0.688. The van der Waals surface area contributed by atoms with Gasteiger partial charge in [0.15, 0.2) is 5.67 Å². The summed E-state index contributed by atoms with van der Waals surface area (Å²) in [6.07, 6.45) is 4.03. The Morgan fingerprint density at radius 2 is 1.95 bits per heavy atom. The summed E-state index contributed by atoms with van der Waals surface area (Å²) in [6, 6.07) is 3.47. The lowest BCUT2D eigenvalue weighted by atomic mass is 9.93. The van der Waals surface area contributed by atoms with Gasteiger partial charge in [0.2, 0.25) is 10.0 Å². The molecule has 1 aromatic heterocycles. The minimum absolute atomic E-state index is 0.0258. The Kier molecular flexibility index (Phi) is 4.58. The summed E-state index contributed by atoms with van der Waals surface area (Å²) in [5.41, 5.74) is -1.18. The fourth-order valence-corrected chi connectivity index (χ4v) is 3.09. The average Bonchev–Trinajstić information content (AvgIpc) is 2.45. The lowest BCUT2D eigenvalue weighted by Gasteiger charge is -2.33. The first-order valence-electron chi connectivity index (χ1n) is 6.62. The molecule has 0 aliphatic carbocycles. The van der Waals surface area contributed by atoms with Crippen LogP contribution in [0, 0.1) is 0 Å². The van der Waals surface area contributed by atoms with Crippen molar-refractivity contribution in [2.45, 2.75) is 25.1 Å². The molecule has 1 N–H and O–H groups in total. The number of piperidine rings is 1. The number of halogens is 1. The number of aromatic nitrogens is 1. The van der Waals surface area contributed by atoms with Crippen LogP contribution >= 0.6 is 0 Å². The summed E-state index contributed by atoms with van der Waals surface area (Å²) in [5, 5.41) is 2.55. The highest BCUT2D eigenvalue weighted by Crippen LogP contribution is 2.28. The van der Waals surface area contributed by atoms with E-state index in [0.29, 0.717) is 0 Å². The van der Waals surface area contributed by atoms with Gasteiger partial charge in [-0.2, -0.15) is 0 Å². The van der Waals surface area contributed by atoms with E-state index in [1.807, 2.05) is 0 Å². The molecule has 2 rings (SSSR count). The molecule has 6 nitrogen and oxygen atoms in total. The zero-order valence-electron chi connectivity index (χ0n) is 11.8. The lowest BCUT2D eigenvalue weighted by molar-refractivity contribution is -0.135. The van der Waals surface area contributed by atoms with Crippen molar-refractivity contribution in [3.05, 3.63) is 30.1 Å². The van der Waals surface area contributed by atoms with Crippen molar-refractivity contribution in [2.24, 2.45) is 0 Å². The van der Waals surface area contributed by atoms with Gasteiger partial charge < -0.3 is 5.32 Å². The van der Waals surface area contributed by atoms with Crippen LogP contribution in [-0.4, -0.2) is 48.6 Å². The highest BCUT2D eigenvalue weighted by Gasteiger charge is 2.43. The fraction of sp³-hybridized carbons (Fsp3) is 0.538. The summed E-state index contributed by atoms with van der Waals surface area (Å²) in [7, 11) is -3.33. The Hall–Kier alpha value is -1.54. The summed E-state index contributed by atoms with van der Waals surface area (Å²) < 4.78 is 38.5. The zero-order chi connectivity index (χ0) is 15.5. The van der Waals surface area contributed by atoms with Crippen molar-refractivity contribution in [1.29, 1.82) is 0 Å². The number of alkyl halides is 1. The Labute approximate surface area is 123 Å². The van der Waals surface area contributed by atoms with Crippen LogP contribution in [0.2, 0.25) is 0 Å². The zero-order valence-corrected chi connectivity index (χ0v) is 12.6. The van der Waals surface area contributed by atoms with Crippen LogP contribution in [-0.2, 0) is 21.4 Å². The summed E-state index contributed by atoms with van der Waals surface area (Å²) in [6.45, 7) is 0.277. The number of carbonyl (C=O) groups is 1. The molecule has 0 radical (unpaired) electrons. The second kappa shape index (κ2) is 6.07. The molecule has 0 aromatic carbocycles. The van der Waals surface area contributed by atoms with Crippen LogP contribution in [0.1, 0.15) is 18.4 Å². The number of carbonyl (C=O) groups excluding carboxylic acids is 1. The van der Waals surface area contributed by atoms with Crippen molar-refractivity contribution in [3.63, 3.8) is 0 Å². The second-order valence-electron chi connectivity index (χ2n) is 5.17. The van der Waals surface area contributed by atoms with E-state index < -0.39 is 21.6 Å². The summed E-state index contributed by atoms with van der Waals surface area (Å²) >= 11 is 0. The molecule has 21 heavy (non-hydrogen) atoms. The van der Waals surface area contributed by atoms with E-state index in [-0.39, 0.29) is 32.5 Å². The third-order valence-corrected chi connectivity index (χ3v) is 4.90.